The van der Waals surface area contributed by atoms with Crippen LogP contribution in [-0.4, -0.2) is 17.9 Å². The predicted molar refractivity (Wildman–Crippen MR) is 105 cm³/mol. The monoisotopic (exact) mass is 430 g/mol. The van der Waals surface area contributed by atoms with Gasteiger partial charge in [0.05, 0.1) is 10.7 Å². The van der Waals surface area contributed by atoms with Gasteiger partial charge in [0.15, 0.2) is 0 Å². The van der Waals surface area contributed by atoms with Gasteiger partial charge in [-0.2, -0.15) is 0 Å². The van der Waals surface area contributed by atoms with Gasteiger partial charge in [-0.1, -0.05) is 52.5 Å². The molecule has 26 heavy (non-hydrogen) atoms. The Kier molecular flexibility index (Phi) is 5.98. The van der Waals surface area contributed by atoms with E-state index in [9.17, 15) is 9.59 Å². The number of anilines is 1. The molecule has 1 N–H and O–H groups in total. The van der Waals surface area contributed by atoms with Gasteiger partial charge in [-0.3, -0.25) is 14.5 Å². The van der Waals surface area contributed by atoms with Crippen LogP contribution >= 0.6 is 46.4 Å². The lowest BCUT2D eigenvalue weighted by Gasteiger charge is -2.25. The van der Waals surface area contributed by atoms with Gasteiger partial charge < -0.3 is 5.32 Å². The van der Waals surface area contributed by atoms with Gasteiger partial charge in [0.25, 0.3) is 0 Å². The molecular formula is C18H14Cl4N2O2. The van der Waals surface area contributed by atoms with E-state index in [2.05, 4.69) is 5.32 Å². The van der Waals surface area contributed by atoms with Crippen molar-refractivity contribution in [1.82, 2.24) is 5.32 Å². The van der Waals surface area contributed by atoms with E-state index < -0.39 is 6.04 Å². The molecule has 0 unspecified atom stereocenters. The smallest absolute Gasteiger partial charge is 0.243 e. The standard InChI is InChI=1S/C18H14Cl4N2O2/c19-11-2-1-10(13(21)7-11)9-23-18(26)16-5-6-17(25)24(16)15-4-3-12(20)8-14(15)22/h1-4,7-8,16H,5-6,9H2,(H,23,26)/t16-/m0/s1. The normalized spacial score (nSPS) is 16.8. The molecule has 2 amide bonds. The fourth-order valence-electron chi connectivity index (χ4n) is 2.88. The number of hydrogen-bond donors (Lipinski definition) is 1. The fraction of sp³-hybridized carbons (Fsp3) is 0.222. The maximum Gasteiger partial charge on any atom is 0.243 e. The van der Waals surface area contributed by atoms with Crippen molar-refractivity contribution < 1.29 is 9.59 Å². The SMILES string of the molecule is O=C(NCc1ccc(Cl)cc1Cl)[C@@H]1CCC(=O)N1c1ccc(Cl)cc1Cl. The summed E-state index contributed by atoms with van der Waals surface area (Å²) in [6.07, 6.45) is 0.691. The van der Waals surface area contributed by atoms with Gasteiger partial charge in [0.1, 0.15) is 6.04 Å². The van der Waals surface area contributed by atoms with Gasteiger partial charge in [0, 0.05) is 28.0 Å². The largest absolute Gasteiger partial charge is 0.350 e. The quantitative estimate of drug-likeness (QED) is 0.730. The maximum atomic E-state index is 12.7. The van der Waals surface area contributed by atoms with Crippen molar-refractivity contribution in [3.63, 3.8) is 0 Å². The van der Waals surface area contributed by atoms with Crippen LogP contribution < -0.4 is 10.2 Å². The summed E-state index contributed by atoms with van der Waals surface area (Å²) in [7, 11) is 0. The highest BCUT2D eigenvalue weighted by Crippen LogP contribution is 2.34. The average Bonchev–Trinajstić information content (AvgIpc) is 2.95. The summed E-state index contributed by atoms with van der Waals surface area (Å²) in [5.74, 6) is -0.424. The molecule has 0 saturated carbocycles. The van der Waals surface area contributed by atoms with Crippen LogP contribution in [0.1, 0.15) is 18.4 Å². The van der Waals surface area contributed by atoms with Gasteiger partial charge in [-0.25, -0.2) is 0 Å². The Labute approximate surface area is 171 Å². The van der Waals surface area contributed by atoms with Gasteiger partial charge in [0.2, 0.25) is 11.8 Å². The highest BCUT2D eigenvalue weighted by atomic mass is 35.5. The van der Waals surface area contributed by atoms with E-state index in [4.69, 9.17) is 46.4 Å². The summed E-state index contributed by atoms with van der Waals surface area (Å²) in [6.45, 7) is 0.238. The Balaban J connectivity index is 1.76. The lowest BCUT2D eigenvalue weighted by molar-refractivity contribution is -0.124. The first-order valence-corrected chi connectivity index (χ1v) is 9.37. The Hall–Kier alpha value is -1.46. The van der Waals surface area contributed by atoms with Crippen molar-refractivity contribution in [2.45, 2.75) is 25.4 Å². The number of rotatable bonds is 4. The second-order valence-electron chi connectivity index (χ2n) is 5.87. The summed E-state index contributed by atoms with van der Waals surface area (Å²) < 4.78 is 0. The molecule has 4 nitrogen and oxygen atoms in total. The zero-order chi connectivity index (χ0) is 18.8. The van der Waals surface area contributed by atoms with Crippen LogP contribution in [0.2, 0.25) is 20.1 Å². The summed E-state index contributed by atoms with van der Waals surface area (Å²) in [4.78, 5) is 26.4. The fourth-order valence-corrected chi connectivity index (χ4v) is 3.85. The van der Waals surface area contributed by atoms with Crippen LogP contribution in [0, 0.1) is 0 Å². The van der Waals surface area contributed by atoms with E-state index in [-0.39, 0.29) is 24.8 Å². The third kappa shape index (κ3) is 4.09. The van der Waals surface area contributed by atoms with E-state index >= 15 is 0 Å². The lowest BCUT2D eigenvalue weighted by Crippen LogP contribution is -2.44. The number of hydrogen-bond acceptors (Lipinski definition) is 2. The van der Waals surface area contributed by atoms with E-state index in [1.165, 1.54) is 4.90 Å². The van der Waals surface area contributed by atoms with Crippen molar-refractivity contribution >= 4 is 63.9 Å². The minimum atomic E-state index is -0.632. The Morgan fingerprint density at radius 1 is 1.04 bits per heavy atom. The van der Waals surface area contributed by atoms with E-state index in [1.807, 2.05) is 0 Å². The van der Waals surface area contributed by atoms with Crippen molar-refractivity contribution in [2.24, 2.45) is 0 Å². The molecule has 3 rings (SSSR count). The zero-order valence-electron chi connectivity index (χ0n) is 13.4. The maximum absolute atomic E-state index is 12.7. The summed E-state index contributed by atoms with van der Waals surface area (Å²) in [6, 6.07) is 9.26. The molecule has 2 aromatic carbocycles. The van der Waals surface area contributed by atoms with E-state index in [0.29, 0.717) is 32.2 Å². The Bertz CT molecular complexity index is 872. The lowest BCUT2D eigenvalue weighted by atomic mass is 10.1. The van der Waals surface area contributed by atoms with Crippen molar-refractivity contribution in [3.8, 4) is 0 Å². The van der Waals surface area contributed by atoms with Gasteiger partial charge in [-0.05, 0) is 42.3 Å². The highest BCUT2D eigenvalue weighted by Gasteiger charge is 2.37. The number of nitrogens with one attached hydrogen (secondary N) is 1. The first-order valence-electron chi connectivity index (χ1n) is 7.85. The second kappa shape index (κ2) is 8.05. The van der Waals surface area contributed by atoms with Gasteiger partial charge in [-0.15, -0.1) is 0 Å². The molecular weight excluding hydrogens is 418 g/mol. The van der Waals surface area contributed by atoms with Crippen LogP contribution in [0.3, 0.4) is 0 Å². The average molecular weight is 432 g/mol. The van der Waals surface area contributed by atoms with Crippen LogP contribution in [0.5, 0.6) is 0 Å². The second-order valence-corrected chi connectivity index (χ2v) is 7.55. The number of amides is 2. The topological polar surface area (TPSA) is 49.4 Å². The molecule has 1 aliphatic heterocycles. The molecule has 1 heterocycles. The summed E-state index contributed by atoms with van der Waals surface area (Å²) >= 11 is 24.1. The molecule has 0 bridgehead atoms. The molecule has 1 fully saturated rings. The Morgan fingerprint density at radius 3 is 2.35 bits per heavy atom. The molecule has 1 aliphatic rings. The predicted octanol–water partition coefficient (Wildman–Crippen LogP) is 5.11. The number of nitrogens with zero attached hydrogens (tertiary/aromatic N) is 1. The van der Waals surface area contributed by atoms with Crippen molar-refractivity contribution in [1.29, 1.82) is 0 Å². The zero-order valence-corrected chi connectivity index (χ0v) is 16.5. The molecule has 0 spiro atoms. The van der Waals surface area contributed by atoms with Crippen LogP contribution in [-0.2, 0) is 16.1 Å². The first-order chi connectivity index (χ1) is 12.4. The molecule has 0 aromatic heterocycles. The molecule has 0 aliphatic carbocycles. The minimum Gasteiger partial charge on any atom is -0.350 e. The number of carbonyl (C=O) groups is 2. The number of carbonyl (C=O) groups excluding carboxylic acids is 2. The Morgan fingerprint density at radius 2 is 1.69 bits per heavy atom. The van der Waals surface area contributed by atoms with Crippen LogP contribution in [0.4, 0.5) is 5.69 Å². The van der Waals surface area contributed by atoms with Crippen molar-refractivity contribution in [2.75, 3.05) is 4.90 Å². The summed E-state index contributed by atoms with van der Waals surface area (Å²) in [5, 5.41) is 4.60. The summed E-state index contributed by atoms with van der Waals surface area (Å²) in [5.41, 5.74) is 1.22. The molecule has 1 saturated heterocycles. The molecule has 0 radical (unpaired) electrons. The van der Waals surface area contributed by atoms with Crippen molar-refractivity contribution in [3.05, 3.63) is 62.1 Å². The van der Waals surface area contributed by atoms with Crippen LogP contribution in [0.25, 0.3) is 0 Å². The van der Waals surface area contributed by atoms with E-state index in [0.717, 1.165) is 5.56 Å². The minimum absolute atomic E-state index is 0.154. The van der Waals surface area contributed by atoms with Gasteiger partial charge >= 0.3 is 0 Å². The first kappa shape index (κ1) is 19.3. The molecule has 1 atom stereocenters. The third-order valence-electron chi connectivity index (χ3n) is 4.15. The van der Waals surface area contributed by atoms with E-state index in [1.54, 1.807) is 36.4 Å². The highest BCUT2D eigenvalue weighted by molar-refractivity contribution is 6.37. The number of benzene rings is 2. The van der Waals surface area contributed by atoms with Crippen LogP contribution in [0.15, 0.2) is 36.4 Å². The molecule has 8 heteroatoms. The number of halogens is 4. The molecule has 136 valence electrons. The molecule has 2 aromatic rings. The third-order valence-corrected chi connectivity index (χ3v) is 5.28.